The van der Waals surface area contributed by atoms with E-state index in [0.29, 0.717) is 24.2 Å². The molecule has 1 fully saturated rings. The summed E-state index contributed by atoms with van der Waals surface area (Å²) in [6, 6.07) is 4.09. The topological polar surface area (TPSA) is 84.2 Å². The maximum Gasteiger partial charge on any atom is 0.156 e. The summed E-state index contributed by atoms with van der Waals surface area (Å²) < 4.78 is 55.1. The van der Waals surface area contributed by atoms with E-state index in [1.54, 1.807) is 19.3 Å². The molecule has 2 aromatic heterocycles. The minimum atomic E-state index is -3.51. The van der Waals surface area contributed by atoms with Crippen molar-refractivity contribution in [1.29, 1.82) is 0 Å². The van der Waals surface area contributed by atoms with Gasteiger partial charge in [0.05, 0.1) is 36.1 Å². The first-order valence-electron chi connectivity index (χ1n) is 11.3. The highest BCUT2D eigenvalue weighted by atomic mass is 32.2. The molecule has 4 rings (SSSR count). The molecule has 3 aromatic rings. The molecule has 8 nitrogen and oxygen atoms in total. The van der Waals surface area contributed by atoms with Crippen molar-refractivity contribution >= 4 is 15.5 Å². The van der Waals surface area contributed by atoms with Crippen LogP contribution >= 0.6 is 0 Å². The largest absolute Gasteiger partial charge is 0.368 e. The zero-order valence-corrected chi connectivity index (χ0v) is 20.2. The minimum Gasteiger partial charge on any atom is -0.368 e. The molecule has 3 heterocycles. The molecule has 1 aliphatic rings. The van der Waals surface area contributed by atoms with Gasteiger partial charge in [-0.25, -0.2) is 21.9 Å². The van der Waals surface area contributed by atoms with Gasteiger partial charge in [0.15, 0.2) is 21.5 Å². The van der Waals surface area contributed by atoms with Gasteiger partial charge in [-0.1, -0.05) is 24.1 Å². The monoisotopic (exact) mass is 500 g/mol. The van der Waals surface area contributed by atoms with Crippen molar-refractivity contribution in [1.82, 2.24) is 24.9 Å². The number of aromatic nitrogens is 4. The number of anilines is 1. The second-order valence-corrected chi connectivity index (χ2v) is 10.6. The van der Waals surface area contributed by atoms with Crippen LogP contribution in [-0.4, -0.2) is 71.8 Å². The third-order valence-corrected chi connectivity index (χ3v) is 7.61. The molecule has 0 radical (unpaired) electrons. The molecule has 0 N–H and O–H groups in total. The summed E-state index contributed by atoms with van der Waals surface area (Å²) in [6.45, 7) is 5.62. The highest BCUT2D eigenvalue weighted by Gasteiger charge is 2.22. The maximum atomic E-state index is 15.2. The van der Waals surface area contributed by atoms with Gasteiger partial charge in [0, 0.05) is 43.5 Å². The average molecular weight is 501 g/mol. The van der Waals surface area contributed by atoms with Crippen molar-refractivity contribution < 1.29 is 17.2 Å². The third-order valence-electron chi connectivity index (χ3n) is 5.83. The van der Waals surface area contributed by atoms with E-state index in [2.05, 4.69) is 31.0 Å². The molecule has 0 atom stereocenters. The molecule has 184 valence electrons. The lowest BCUT2D eigenvalue weighted by atomic mass is 10.2. The maximum absolute atomic E-state index is 15.2. The van der Waals surface area contributed by atoms with Crippen molar-refractivity contribution in [3.8, 4) is 29.3 Å². The van der Waals surface area contributed by atoms with Gasteiger partial charge in [-0.2, -0.15) is 0 Å². The van der Waals surface area contributed by atoms with Crippen LogP contribution in [0.4, 0.5) is 14.5 Å². The van der Waals surface area contributed by atoms with Crippen molar-refractivity contribution in [2.24, 2.45) is 0 Å². The smallest absolute Gasteiger partial charge is 0.156 e. The Morgan fingerprint density at radius 3 is 2.63 bits per heavy atom. The molecule has 0 spiro atoms. The highest BCUT2D eigenvalue weighted by Crippen LogP contribution is 2.26. The number of halogens is 2. The summed E-state index contributed by atoms with van der Waals surface area (Å²) in [5.41, 5.74) is 1.34. The summed E-state index contributed by atoms with van der Waals surface area (Å²) in [6.07, 6.45) is 10.6. The summed E-state index contributed by atoms with van der Waals surface area (Å²) in [4.78, 5) is 8.69. The van der Waals surface area contributed by atoms with E-state index in [-0.39, 0.29) is 11.3 Å². The van der Waals surface area contributed by atoms with Crippen molar-refractivity contribution in [2.45, 2.75) is 19.1 Å². The molecule has 0 amide bonds. The predicted molar refractivity (Wildman–Crippen MR) is 130 cm³/mol. The van der Waals surface area contributed by atoms with Crippen molar-refractivity contribution in [2.75, 3.05) is 43.4 Å². The number of rotatable bonds is 8. The molecule has 0 saturated carbocycles. The minimum absolute atomic E-state index is 0.0745. The van der Waals surface area contributed by atoms with Crippen LogP contribution in [0.1, 0.15) is 18.9 Å². The van der Waals surface area contributed by atoms with E-state index < -0.39 is 32.9 Å². The van der Waals surface area contributed by atoms with Gasteiger partial charge < -0.3 is 4.90 Å². The molecule has 0 aliphatic carbocycles. The fourth-order valence-corrected chi connectivity index (χ4v) is 5.53. The summed E-state index contributed by atoms with van der Waals surface area (Å²) >= 11 is 0. The van der Waals surface area contributed by atoms with E-state index in [1.165, 1.54) is 6.20 Å². The number of benzene rings is 1. The number of nitrogens with zero attached hydrogens (tertiary/aromatic N) is 6. The van der Waals surface area contributed by atoms with Gasteiger partial charge >= 0.3 is 0 Å². The van der Waals surface area contributed by atoms with Crippen LogP contribution in [0.5, 0.6) is 0 Å². The Morgan fingerprint density at radius 1 is 1.14 bits per heavy atom. The van der Waals surface area contributed by atoms with Crippen molar-refractivity contribution in [3.05, 3.63) is 54.0 Å². The Morgan fingerprint density at radius 2 is 1.91 bits per heavy atom. The number of sulfone groups is 1. The first-order chi connectivity index (χ1) is 16.8. The Kier molecular flexibility index (Phi) is 7.42. The Bertz CT molecular complexity index is 1340. The van der Waals surface area contributed by atoms with E-state index in [1.807, 2.05) is 6.07 Å². The predicted octanol–water partition coefficient (Wildman–Crippen LogP) is 2.69. The van der Waals surface area contributed by atoms with Crippen molar-refractivity contribution in [3.63, 3.8) is 0 Å². The lowest BCUT2D eigenvalue weighted by Gasteiger charge is -2.35. The fourth-order valence-electron chi connectivity index (χ4n) is 4.06. The quantitative estimate of drug-likeness (QED) is 0.440. The molecule has 0 unspecified atom stereocenters. The number of pyridine rings is 1. The number of hydrogen-bond donors (Lipinski definition) is 0. The lowest BCUT2D eigenvalue weighted by molar-refractivity contribution is 0.288. The second kappa shape index (κ2) is 10.5. The normalized spacial score (nSPS) is 14.7. The zero-order chi connectivity index (χ0) is 25.0. The summed E-state index contributed by atoms with van der Waals surface area (Å²) in [5.74, 6) is 0.232. The summed E-state index contributed by atoms with van der Waals surface area (Å²) in [7, 11) is -3.51. The van der Waals surface area contributed by atoms with Crippen LogP contribution in [0.3, 0.4) is 0 Å². The van der Waals surface area contributed by atoms with E-state index >= 15 is 4.39 Å². The van der Waals surface area contributed by atoms with E-state index in [0.717, 1.165) is 48.7 Å². The van der Waals surface area contributed by atoms with E-state index in [4.69, 9.17) is 6.42 Å². The van der Waals surface area contributed by atoms with Gasteiger partial charge in [-0.15, -0.1) is 11.5 Å². The first kappa shape index (κ1) is 24.8. The molecule has 1 saturated heterocycles. The van der Waals surface area contributed by atoms with Crippen LogP contribution < -0.4 is 4.90 Å². The Hall–Kier alpha value is -3.36. The van der Waals surface area contributed by atoms with Gasteiger partial charge in [0.25, 0.3) is 0 Å². The van der Waals surface area contributed by atoms with Gasteiger partial charge in [0.2, 0.25) is 0 Å². The van der Waals surface area contributed by atoms with Gasteiger partial charge in [-0.05, 0) is 18.6 Å². The Balaban J connectivity index is 1.58. The lowest BCUT2D eigenvalue weighted by Crippen LogP contribution is -2.46. The van der Waals surface area contributed by atoms with Crippen LogP contribution in [0.15, 0.2) is 36.8 Å². The zero-order valence-electron chi connectivity index (χ0n) is 19.4. The molecular weight excluding hydrogens is 474 g/mol. The molecular formula is C24H26F2N6O2S. The molecule has 35 heavy (non-hydrogen) atoms. The third kappa shape index (κ3) is 5.66. The van der Waals surface area contributed by atoms with Crippen LogP contribution in [0, 0.1) is 24.0 Å². The average Bonchev–Trinajstić information content (AvgIpc) is 3.32. The van der Waals surface area contributed by atoms with Crippen LogP contribution in [-0.2, 0) is 15.6 Å². The first-order valence-corrected chi connectivity index (χ1v) is 13.1. The molecule has 0 bridgehead atoms. The molecule has 1 aromatic carbocycles. The second-order valence-electron chi connectivity index (χ2n) is 8.41. The SMILES string of the molecule is C#CCN1CCN(c2cncc(-c3cn(-c4c(F)ccc(CS(=O)(=O)CCC)c4F)nn3)c2)CC1. The summed E-state index contributed by atoms with van der Waals surface area (Å²) in [5, 5.41) is 7.98. The van der Waals surface area contributed by atoms with Gasteiger partial charge in [0.1, 0.15) is 11.4 Å². The molecule has 1 aliphatic heterocycles. The fraction of sp³-hybridized carbons (Fsp3) is 0.375. The molecule has 11 heteroatoms. The number of hydrogen-bond acceptors (Lipinski definition) is 7. The van der Waals surface area contributed by atoms with Crippen LogP contribution in [0.25, 0.3) is 16.9 Å². The Labute approximate surface area is 203 Å². The van der Waals surface area contributed by atoms with E-state index in [9.17, 15) is 12.8 Å². The highest BCUT2D eigenvalue weighted by molar-refractivity contribution is 7.90. The standard InChI is InChI=1S/C24H26F2N6O2S/c1-3-7-30-8-10-31(11-9-30)20-13-19(14-27-15-20)22-16-32(29-28-22)24-21(25)6-5-18(23(24)26)17-35(33,34)12-4-2/h1,5-6,13-16H,4,7-12,17H2,2H3. The number of piperazine rings is 1. The number of terminal acetylenes is 1. The van der Waals surface area contributed by atoms with Crippen LogP contribution in [0.2, 0.25) is 0 Å². The van der Waals surface area contributed by atoms with Gasteiger partial charge in [-0.3, -0.25) is 9.88 Å².